The number of hydrogen-bond acceptors (Lipinski definition) is 6. The van der Waals surface area contributed by atoms with Crippen LogP contribution in [-0.4, -0.2) is 36.1 Å². The first-order valence-corrected chi connectivity index (χ1v) is 9.75. The highest BCUT2D eigenvalue weighted by atomic mass is 16.5. The number of amides is 1. The van der Waals surface area contributed by atoms with Crippen LogP contribution in [0.1, 0.15) is 36.9 Å². The predicted molar refractivity (Wildman–Crippen MR) is 112 cm³/mol. The summed E-state index contributed by atoms with van der Waals surface area (Å²) in [5, 5.41) is 3.01. The number of methoxy groups -OCH3 is 1. The first kappa shape index (κ1) is 19.9. The first-order valence-electron chi connectivity index (χ1n) is 9.75. The van der Waals surface area contributed by atoms with Crippen molar-refractivity contribution in [3.8, 4) is 5.75 Å². The third-order valence-electron chi connectivity index (χ3n) is 5.19. The first-order chi connectivity index (χ1) is 13.4. The van der Waals surface area contributed by atoms with Crippen LogP contribution in [-0.2, 0) is 4.79 Å². The summed E-state index contributed by atoms with van der Waals surface area (Å²) < 4.78 is 5.21. The van der Waals surface area contributed by atoms with Gasteiger partial charge in [-0.15, -0.1) is 0 Å². The maximum Gasteiger partial charge on any atom is 0.224 e. The van der Waals surface area contributed by atoms with Gasteiger partial charge in [0.05, 0.1) is 7.11 Å². The summed E-state index contributed by atoms with van der Waals surface area (Å²) in [6, 6.07) is 7.63. The molecule has 150 valence electrons. The molecule has 7 heteroatoms. The number of nitrogen functional groups attached to an aromatic ring is 1. The summed E-state index contributed by atoms with van der Waals surface area (Å²) in [7, 11) is 1.64. The van der Waals surface area contributed by atoms with E-state index in [1.54, 1.807) is 7.11 Å². The lowest BCUT2D eigenvalue weighted by molar-refractivity contribution is -0.116. The zero-order valence-corrected chi connectivity index (χ0v) is 16.9. The number of nitrogens with zero attached hydrogens (tertiary/aromatic N) is 3. The molecule has 0 saturated carbocycles. The zero-order chi connectivity index (χ0) is 20.1. The van der Waals surface area contributed by atoms with E-state index in [9.17, 15) is 4.79 Å². The number of aryl methyl sites for hydroxylation is 2. The number of carbonyl (C=O) groups is 1. The fourth-order valence-corrected chi connectivity index (χ4v) is 3.70. The highest BCUT2D eigenvalue weighted by molar-refractivity contribution is 5.91. The van der Waals surface area contributed by atoms with Crippen molar-refractivity contribution < 1.29 is 9.53 Å². The van der Waals surface area contributed by atoms with Crippen molar-refractivity contribution >= 4 is 23.4 Å². The number of carbonyl (C=O) groups excluding carboxylic acids is 1. The number of aromatic nitrogens is 2. The number of rotatable bonds is 6. The molecule has 1 aromatic carbocycles. The van der Waals surface area contributed by atoms with Crippen molar-refractivity contribution in [2.45, 2.75) is 39.5 Å². The Morgan fingerprint density at radius 2 is 2.14 bits per heavy atom. The van der Waals surface area contributed by atoms with E-state index in [1.807, 2.05) is 38.1 Å². The Labute approximate surface area is 166 Å². The van der Waals surface area contributed by atoms with Crippen LogP contribution in [0.5, 0.6) is 5.75 Å². The van der Waals surface area contributed by atoms with Crippen LogP contribution < -0.4 is 20.7 Å². The summed E-state index contributed by atoms with van der Waals surface area (Å²) in [4.78, 5) is 23.2. The average Bonchev–Trinajstić information content (AvgIpc) is 2.67. The topological polar surface area (TPSA) is 93.4 Å². The minimum Gasteiger partial charge on any atom is -0.497 e. The molecule has 0 radical (unpaired) electrons. The van der Waals surface area contributed by atoms with E-state index in [-0.39, 0.29) is 5.91 Å². The molecule has 1 aliphatic rings. The summed E-state index contributed by atoms with van der Waals surface area (Å²) in [5.74, 6) is 2.50. The van der Waals surface area contributed by atoms with Gasteiger partial charge >= 0.3 is 0 Å². The maximum atomic E-state index is 12.4. The average molecular weight is 383 g/mol. The maximum absolute atomic E-state index is 12.4. The molecule has 0 aliphatic carbocycles. The molecular weight excluding hydrogens is 354 g/mol. The van der Waals surface area contributed by atoms with Crippen molar-refractivity contribution in [3.63, 3.8) is 0 Å². The Hall–Kier alpha value is -2.83. The van der Waals surface area contributed by atoms with E-state index < -0.39 is 0 Å². The molecule has 2 aromatic rings. The van der Waals surface area contributed by atoms with Crippen LogP contribution in [0.3, 0.4) is 0 Å². The molecule has 3 N–H and O–H groups in total. The number of anilines is 3. The highest BCUT2D eigenvalue weighted by Gasteiger charge is 2.22. The molecule has 28 heavy (non-hydrogen) atoms. The monoisotopic (exact) mass is 383 g/mol. The van der Waals surface area contributed by atoms with Crippen molar-refractivity contribution in [1.29, 1.82) is 0 Å². The van der Waals surface area contributed by atoms with Gasteiger partial charge in [-0.25, -0.2) is 4.98 Å². The molecule has 0 spiro atoms. The fraction of sp³-hybridized carbons (Fsp3) is 0.476. The number of piperidine rings is 1. The number of benzene rings is 1. The minimum absolute atomic E-state index is 0.0486. The summed E-state index contributed by atoms with van der Waals surface area (Å²) in [6.45, 7) is 5.75. The summed E-state index contributed by atoms with van der Waals surface area (Å²) in [5.41, 5.74) is 8.50. The van der Waals surface area contributed by atoms with Crippen molar-refractivity contribution in [2.75, 3.05) is 36.1 Å². The molecule has 3 rings (SSSR count). The second-order valence-corrected chi connectivity index (χ2v) is 7.45. The second-order valence-electron chi connectivity index (χ2n) is 7.45. The molecule has 7 nitrogen and oxygen atoms in total. The molecule has 2 heterocycles. The number of ether oxygens (including phenoxy) is 1. The molecular formula is C21H29N5O2. The lowest BCUT2D eigenvalue weighted by atomic mass is 9.93. The van der Waals surface area contributed by atoms with Gasteiger partial charge in [0.15, 0.2) is 0 Å². The van der Waals surface area contributed by atoms with Gasteiger partial charge in [-0.1, -0.05) is 0 Å². The normalized spacial score (nSPS) is 16.7. The van der Waals surface area contributed by atoms with Gasteiger partial charge in [-0.2, -0.15) is 4.98 Å². The van der Waals surface area contributed by atoms with E-state index in [0.29, 0.717) is 18.3 Å². The molecule has 1 aliphatic heterocycles. The van der Waals surface area contributed by atoms with Gasteiger partial charge in [0, 0.05) is 37.0 Å². The van der Waals surface area contributed by atoms with Gasteiger partial charge in [0.2, 0.25) is 11.9 Å². The molecule has 1 saturated heterocycles. The standard InChI is InChI=1S/C21H29N5O2/c1-14-11-17(28-3)7-8-18(14)24-20(27)9-6-16-5-4-10-26(13-16)19-12-15(2)23-21(22)25-19/h7-8,11-12,16H,4-6,9-10,13H2,1-3H3,(H,24,27)(H2,22,23,25). The van der Waals surface area contributed by atoms with E-state index >= 15 is 0 Å². The van der Waals surface area contributed by atoms with E-state index in [1.165, 1.54) is 0 Å². The van der Waals surface area contributed by atoms with Gasteiger partial charge in [-0.3, -0.25) is 4.79 Å². The van der Waals surface area contributed by atoms with E-state index in [0.717, 1.165) is 60.9 Å². The van der Waals surface area contributed by atoms with Crippen LogP contribution in [0.25, 0.3) is 0 Å². The molecule has 1 amide bonds. The SMILES string of the molecule is COc1ccc(NC(=O)CCC2CCCN(c3cc(C)nc(N)n3)C2)c(C)c1. The van der Waals surface area contributed by atoms with Gasteiger partial charge in [0.25, 0.3) is 0 Å². The van der Waals surface area contributed by atoms with E-state index in [4.69, 9.17) is 10.5 Å². The molecule has 1 unspecified atom stereocenters. The third kappa shape index (κ3) is 5.12. The molecule has 1 atom stereocenters. The number of nitrogens with one attached hydrogen (secondary N) is 1. The zero-order valence-electron chi connectivity index (χ0n) is 16.9. The van der Waals surface area contributed by atoms with Crippen LogP contribution in [0.4, 0.5) is 17.5 Å². The van der Waals surface area contributed by atoms with Crippen molar-refractivity contribution in [1.82, 2.24) is 9.97 Å². The third-order valence-corrected chi connectivity index (χ3v) is 5.19. The fourth-order valence-electron chi connectivity index (χ4n) is 3.70. The lowest BCUT2D eigenvalue weighted by Crippen LogP contribution is -2.36. The van der Waals surface area contributed by atoms with Crippen LogP contribution >= 0.6 is 0 Å². The second kappa shape index (κ2) is 8.91. The van der Waals surface area contributed by atoms with Crippen LogP contribution in [0.2, 0.25) is 0 Å². The lowest BCUT2D eigenvalue weighted by Gasteiger charge is -2.33. The number of nitrogens with two attached hydrogens (primary N) is 1. The largest absolute Gasteiger partial charge is 0.497 e. The Morgan fingerprint density at radius 1 is 1.32 bits per heavy atom. The Morgan fingerprint density at radius 3 is 2.86 bits per heavy atom. The Balaban J connectivity index is 1.53. The van der Waals surface area contributed by atoms with Crippen molar-refractivity contribution in [3.05, 3.63) is 35.5 Å². The molecule has 1 fully saturated rings. The predicted octanol–water partition coefficient (Wildman–Crippen LogP) is 3.32. The highest BCUT2D eigenvalue weighted by Crippen LogP contribution is 2.26. The summed E-state index contributed by atoms with van der Waals surface area (Å²) >= 11 is 0. The van der Waals surface area contributed by atoms with Crippen molar-refractivity contribution in [2.24, 2.45) is 5.92 Å². The minimum atomic E-state index is 0.0486. The summed E-state index contributed by atoms with van der Waals surface area (Å²) in [6.07, 6.45) is 3.59. The molecule has 0 bridgehead atoms. The van der Waals surface area contributed by atoms with Gasteiger partial charge < -0.3 is 20.7 Å². The Bertz CT molecular complexity index is 819. The van der Waals surface area contributed by atoms with Crippen LogP contribution in [0.15, 0.2) is 24.3 Å². The van der Waals surface area contributed by atoms with E-state index in [2.05, 4.69) is 20.2 Å². The smallest absolute Gasteiger partial charge is 0.224 e. The Kier molecular flexibility index (Phi) is 6.34. The number of hydrogen-bond donors (Lipinski definition) is 2. The quantitative estimate of drug-likeness (QED) is 0.795. The van der Waals surface area contributed by atoms with Gasteiger partial charge in [-0.05, 0) is 62.8 Å². The van der Waals surface area contributed by atoms with Gasteiger partial charge in [0.1, 0.15) is 11.6 Å². The molecule has 1 aromatic heterocycles. The van der Waals surface area contributed by atoms with Crippen LogP contribution in [0, 0.1) is 19.8 Å².